The van der Waals surface area contributed by atoms with E-state index in [-0.39, 0.29) is 64.7 Å². The quantitative estimate of drug-likeness (QED) is 0.264. The number of hydrogen-bond acceptors (Lipinski definition) is 6. The summed E-state index contributed by atoms with van der Waals surface area (Å²) in [5, 5.41) is 22.2. The minimum Gasteiger partial charge on any atom is -0.550 e. The Bertz CT molecular complexity index is 515. The van der Waals surface area contributed by atoms with Crippen molar-refractivity contribution in [3.8, 4) is 0 Å². The van der Waals surface area contributed by atoms with Gasteiger partial charge in [-0.15, -0.1) is 13.2 Å². The Morgan fingerprint density at radius 1 is 1.33 bits per heavy atom. The van der Waals surface area contributed by atoms with E-state index in [4.69, 9.17) is 4.55 Å². The summed E-state index contributed by atoms with van der Waals surface area (Å²) in [7, 11) is -5.27. The van der Waals surface area contributed by atoms with Gasteiger partial charge in [-0.05, 0) is 19.8 Å². The Balaban J connectivity index is -0.00000162. The molecule has 0 amide bonds. The minimum atomic E-state index is -5.27. The van der Waals surface area contributed by atoms with Crippen molar-refractivity contribution in [2.45, 2.75) is 24.5 Å². The molecule has 0 aromatic rings. The molecule has 10 heteroatoms. The number of carbonyl (C=O) groups is 2. The van der Waals surface area contributed by atoms with E-state index in [0.29, 0.717) is 0 Å². The summed E-state index contributed by atoms with van der Waals surface area (Å²) in [4.78, 5) is 22.2. The summed E-state index contributed by atoms with van der Waals surface area (Å²) in [6.07, 6.45) is -0.456. The molecule has 0 bridgehead atoms. The molecule has 0 aliphatic heterocycles. The molecule has 2 unspecified atom stereocenters. The van der Waals surface area contributed by atoms with E-state index in [9.17, 15) is 28.2 Å². The van der Waals surface area contributed by atoms with Crippen molar-refractivity contribution in [1.82, 2.24) is 0 Å². The topological polar surface area (TPSA) is 135 Å². The van der Waals surface area contributed by atoms with Crippen molar-refractivity contribution < 1.29 is 91.9 Å². The second-order valence-electron chi connectivity index (χ2n) is 4.18. The standard InChI is InChI=1S/C11H16O7S.2Na/c1-4-5-11(10(14)15,19(16,17)18)8(9(12)13)6-7(2)3;;/h4,8H,1-2,5-6H2,3H3,(H,12,13)(H,14,15)(H,16,17,18);;/q;2*+1/p-2. The van der Waals surface area contributed by atoms with E-state index in [1.165, 1.54) is 6.92 Å². The number of hydrogen-bond donors (Lipinski definition) is 1. The zero-order chi connectivity index (χ0) is 15.4. The van der Waals surface area contributed by atoms with Gasteiger partial charge in [-0.1, -0.05) is 11.6 Å². The van der Waals surface area contributed by atoms with Crippen LogP contribution in [0.25, 0.3) is 0 Å². The van der Waals surface area contributed by atoms with Gasteiger partial charge in [0.15, 0.2) is 0 Å². The summed E-state index contributed by atoms with van der Waals surface area (Å²) >= 11 is 0. The third-order valence-electron chi connectivity index (χ3n) is 2.65. The Kier molecular flexibility index (Phi) is 12.7. The van der Waals surface area contributed by atoms with Crippen LogP contribution in [-0.2, 0) is 19.7 Å². The third-order valence-corrected chi connectivity index (χ3v) is 4.19. The van der Waals surface area contributed by atoms with Crippen LogP contribution in [0, 0.1) is 5.92 Å². The Labute approximate surface area is 167 Å². The molecule has 0 aromatic carbocycles. The van der Waals surface area contributed by atoms with E-state index >= 15 is 0 Å². The first-order chi connectivity index (χ1) is 8.50. The maximum absolute atomic E-state index is 11.4. The molecule has 0 spiro atoms. The number of aliphatic carboxylic acids is 2. The van der Waals surface area contributed by atoms with E-state index in [2.05, 4.69) is 13.2 Å². The molecule has 0 heterocycles. The number of carbonyl (C=O) groups excluding carboxylic acids is 2. The van der Waals surface area contributed by atoms with Crippen molar-refractivity contribution in [2.24, 2.45) is 5.92 Å². The summed E-state index contributed by atoms with van der Waals surface area (Å²) in [6.45, 7) is 7.93. The van der Waals surface area contributed by atoms with Crippen LogP contribution in [0.15, 0.2) is 24.8 Å². The van der Waals surface area contributed by atoms with Gasteiger partial charge in [0.05, 0.1) is 5.97 Å². The van der Waals surface area contributed by atoms with Crippen LogP contribution in [-0.4, -0.2) is 29.7 Å². The smallest absolute Gasteiger partial charge is 0.550 e. The van der Waals surface area contributed by atoms with Gasteiger partial charge in [-0.3, -0.25) is 4.55 Å². The second kappa shape index (κ2) is 10.2. The van der Waals surface area contributed by atoms with Crippen molar-refractivity contribution in [3.05, 3.63) is 24.8 Å². The molecule has 7 nitrogen and oxygen atoms in total. The van der Waals surface area contributed by atoms with Crippen LogP contribution in [0.2, 0.25) is 0 Å². The maximum Gasteiger partial charge on any atom is 1.00 e. The minimum absolute atomic E-state index is 0. The maximum atomic E-state index is 11.4. The molecular formula is C11H14Na2O7S. The summed E-state index contributed by atoms with van der Waals surface area (Å²) in [5.74, 6) is -6.21. The zero-order valence-corrected chi connectivity index (χ0v) is 17.1. The van der Waals surface area contributed by atoms with Crippen LogP contribution in [0.1, 0.15) is 19.8 Å². The number of allylic oxidation sites excluding steroid dienone is 2. The first kappa shape index (κ1) is 26.2. The van der Waals surface area contributed by atoms with Gasteiger partial charge in [0.1, 0.15) is 4.75 Å². The van der Waals surface area contributed by atoms with Gasteiger partial charge in [-0.2, -0.15) is 8.42 Å². The molecule has 0 saturated heterocycles. The normalized spacial score (nSPS) is 14.6. The number of carboxylic acids is 2. The van der Waals surface area contributed by atoms with Crippen molar-refractivity contribution in [2.75, 3.05) is 0 Å². The molecule has 0 aliphatic carbocycles. The second-order valence-corrected chi connectivity index (χ2v) is 5.86. The molecule has 2 atom stereocenters. The van der Waals surface area contributed by atoms with Crippen LogP contribution in [0.3, 0.4) is 0 Å². The van der Waals surface area contributed by atoms with Gasteiger partial charge in [0.2, 0.25) is 0 Å². The summed E-state index contributed by atoms with van der Waals surface area (Å²) < 4.78 is 28.9. The van der Waals surface area contributed by atoms with Crippen molar-refractivity contribution in [1.29, 1.82) is 0 Å². The Morgan fingerprint density at radius 2 is 1.76 bits per heavy atom. The summed E-state index contributed by atoms with van der Waals surface area (Å²) in [6, 6.07) is 0. The van der Waals surface area contributed by atoms with Gasteiger partial charge in [0.25, 0.3) is 10.1 Å². The fraction of sp³-hybridized carbons (Fsp3) is 0.455. The van der Waals surface area contributed by atoms with E-state index in [0.717, 1.165) is 6.08 Å². The van der Waals surface area contributed by atoms with Crippen LogP contribution >= 0.6 is 0 Å². The fourth-order valence-electron chi connectivity index (χ4n) is 1.76. The molecule has 0 saturated carbocycles. The fourth-order valence-corrected chi connectivity index (χ4v) is 2.84. The number of rotatable bonds is 8. The van der Waals surface area contributed by atoms with Gasteiger partial charge < -0.3 is 19.8 Å². The van der Waals surface area contributed by atoms with Crippen LogP contribution in [0.4, 0.5) is 0 Å². The molecule has 0 fully saturated rings. The van der Waals surface area contributed by atoms with E-state index in [1.54, 1.807) is 0 Å². The average Bonchev–Trinajstić information content (AvgIpc) is 2.20. The molecule has 108 valence electrons. The van der Waals surface area contributed by atoms with E-state index in [1.807, 2.05) is 0 Å². The van der Waals surface area contributed by atoms with Gasteiger partial charge >= 0.3 is 59.1 Å². The molecule has 1 N–H and O–H groups in total. The first-order valence-electron chi connectivity index (χ1n) is 5.15. The van der Waals surface area contributed by atoms with Crippen LogP contribution in [0.5, 0.6) is 0 Å². The predicted molar refractivity (Wildman–Crippen MR) is 62.0 cm³/mol. The number of carboxylic acid groups (broad SMARTS) is 2. The van der Waals surface area contributed by atoms with Crippen molar-refractivity contribution >= 4 is 22.1 Å². The predicted octanol–water partition coefficient (Wildman–Crippen LogP) is -7.72. The Hall–Kier alpha value is 0.330. The molecule has 0 rings (SSSR count). The molecular weight excluding hydrogens is 322 g/mol. The van der Waals surface area contributed by atoms with Gasteiger partial charge in [0, 0.05) is 11.9 Å². The van der Waals surface area contributed by atoms with Crippen molar-refractivity contribution in [3.63, 3.8) is 0 Å². The van der Waals surface area contributed by atoms with Crippen LogP contribution < -0.4 is 69.3 Å². The zero-order valence-electron chi connectivity index (χ0n) is 12.3. The summed E-state index contributed by atoms with van der Waals surface area (Å²) in [5.41, 5.74) is 0.215. The average molecular weight is 336 g/mol. The van der Waals surface area contributed by atoms with Gasteiger partial charge in [-0.25, -0.2) is 0 Å². The third kappa shape index (κ3) is 6.15. The molecule has 0 aromatic heterocycles. The largest absolute Gasteiger partial charge is 1.00 e. The SMILES string of the molecule is C=CCC(C(=O)[O-])(C(CC(=C)C)C(=O)[O-])S(=O)(=O)O.[Na+].[Na+]. The first-order valence-corrected chi connectivity index (χ1v) is 6.59. The monoisotopic (exact) mass is 336 g/mol. The molecule has 0 radical (unpaired) electrons. The van der Waals surface area contributed by atoms with E-state index < -0.39 is 45.6 Å². The molecule has 0 aliphatic rings. The molecule has 21 heavy (non-hydrogen) atoms. The Morgan fingerprint density at radius 3 is 1.95 bits per heavy atom.